The first-order valence-corrected chi connectivity index (χ1v) is 9.00. The number of nitrogens with zero attached hydrogens (tertiary/aromatic N) is 1. The molecule has 0 bridgehead atoms. The molecule has 0 aliphatic rings. The molecule has 1 heterocycles. The van der Waals surface area contributed by atoms with Gasteiger partial charge < -0.3 is 15.8 Å². The van der Waals surface area contributed by atoms with Crippen LogP contribution in [0.2, 0.25) is 10.0 Å². The molecule has 0 saturated carbocycles. The van der Waals surface area contributed by atoms with Crippen LogP contribution in [0.15, 0.2) is 24.3 Å². The first-order valence-electron chi connectivity index (χ1n) is 7.71. The summed E-state index contributed by atoms with van der Waals surface area (Å²) in [6, 6.07) is 5.77. The minimum Gasteiger partial charge on any atom is -0.482 e. The third-order valence-corrected chi connectivity index (χ3v) is 4.34. The van der Waals surface area contributed by atoms with Crippen molar-refractivity contribution in [3.8, 4) is 17.6 Å². The molecule has 142 valence electrons. The number of ether oxygens (including phenoxy) is 1. The van der Waals surface area contributed by atoms with Crippen molar-refractivity contribution in [2.24, 2.45) is 0 Å². The van der Waals surface area contributed by atoms with Crippen LogP contribution in [0.25, 0.3) is 0 Å². The van der Waals surface area contributed by atoms with Crippen molar-refractivity contribution >= 4 is 46.5 Å². The summed E-state index contributed by atoms with van der Waals surface area (Å²) >= 11 is 17.4. The van der Waals surface area contributed by atoms with Crippen LogP contribution in [-0.4, -0.2) is 23.3 Å². The van der Waals surface area contributed by atoms with E-state index in [1.165, 1.54) is 12.1 Å². The third kappa shape index (κ3) is 5.64. The van der Waals surface area contributed by atoms with Gasteiger partial charge in [-0.3, -0.25) is 4.79 Å². The number of benzene rings is 1. The van der Waals surface area contributed by atoms with Crippen molar-refractivity contribution < 1.29 is 13.9 Å². The molecular weight excluding hydrogens is 416 g/mol. The second-order valence-corrected chi connectivity index (χ2v) is 6.36. The zero-order valence-electron chi connectivity index (χ0n) is 14.2. The smallest absolute Gasteiger partial charge is 0.235 e. The van der Waals surface area contributed by atoms with Gasteiger partial charge in [-0.25, -0.2) is 9.37 Å². The number of hydrogen-bond acceptors (Lipinski definition) is 4. The van der Waals surface area contributed by atoms with Gasteiger partial charge in [-0.05, 0) is 37.1 Å². The summed E-state index contributed by atoms with van der Waals surface area (Å²) in [5.74, 6) is 4.82. The number of nitrogens with one attached hydrogen (secondary N) is 1. The van der Waals surface area contributed by atoms with Crippen molar-refractivity contribution in [3.63, 3.8) is 0 Å². The molecule has 0 aliphatic heterocycles. The number of amides is 1. The Kier molecular flexibility index (Phi) is 7.55. The number of anilines is 1. The van der Waals surface area contributed by atoms with Gasteiger partial charge in [0.15, 0.2) is 11.6 Å². The highest BCUT2D eigenvalue weighted by Gasteiger charge is 2.19. The molecule has 0 aliphatic carbocycles. The lowest BCUT2D eigenvalue weighted by atomic mass is 10.1. The maximum Gasteiger partial charge on any atom is 0.235 e. The summed E-state index contributed by atoms with van der Waals surface area (Å²) in [5, 5.41) is 2.68. The number of carbonyl (C=O) groups excluding carboxylic acids is 1. The van der Waals surface area contributed by atoms with E-state index in [4.69, 9.17) is 45.3 Å². The number of nitrogen functional groups attached to an aromatic ring is 1. The lowest BCUT2D eigenvalue weighted by Gasteiger charge is -2.18. The highest BCUT2D eigenvalue weighted by Crippen LogP contribution is 2.35. The Morgan fingerprint density at radius 1 is 1.37 bits per heavy atom. The monoisotopic (exact) mass is 429 g/mol. The molecule has 27 heavy (non-hydrogen) atoms. The Morgan fingerprint density at radius 3 is 2.78 bits per heavy atom. The fourth-order valence-corrected chi connectivity index (χ4v) is 2.89. The van der Waals surface area contributed by atoms with E-state index in [-0.39, 0.29) is 39.9 Å². The van der Waals surface area contributed by atoms with E-state index < -0.39 is 11.9 Å². The van der Waals surface area contributed by atoms with Crippen molar-refractivity contribution in [2.75, 3.05) is 18.2 Å². The average Bonchev–Trinajstić information content (AvgIpc) is 2.64. The fraction of sp³-hybridized carbons (Fsp3) is 0.222. The van der Waals surface area contributed by atoms with Gasteiger partial charge in [0, 0.05) is 10.6 Å². The zero-order valence-corrected chi connectivity index (χ0v) is 16.4. The van der Waals surface area contributed by atoms with Gasteiger partial charge >= 0.3 is 0 Å². The molecule has 3 N–H and O–H groups in total. The minimum absolute atomic E-state index is 0.0992. The summed E-state index contributed by atoms with van der Waals surface area (Å²) in [6.07, 6.45) is -0.660. The predicted molar refractivity (Wildman–Crippen MR) is 105 cm³/mol. The summed E-state index contributed by atoms with van der Waals surface area (Å²) in [4.78, 5) is 15.1. The van der Waals surface area contributed by atoms with Gasteiger partial charge in [-0.2, -0.15) is 0 Å². The van der Waals surface area contributed by atoms with Crippen LogP contribution in [0.3, 0.4) is 0 Å². The van der Waals surface area contributed by atoms with Gasteiger partial charge in [0.25, 0.3) is 0 Å². The molecule has 0 saturated heterocycles. The Morgan fingerprint density at radius 2 is 2.11 bits per heavy atom. The van der Waals surface area contributed by atoms with Crippen molar-refractivity contribution in [3.05, 3.63) is 51.4 Å². The maximum absolute atomic E-state index is 13.7. The quantitative estimate of drug-likeness (QED) is 0.428. The Balaban J connectivity index is 2.12. The average molecular weight is 431 g/mol. The van der Waals surface area contributed by atoms with E-state index >= 15 is 0 Å². The molecule has 0 radical (unpaired) electrons. The number of hydrogen-bond donors (Lipinski definition) is 2. The fourth-order valence-electron chi connectivity index (χ4n) is 2.12. The number of nitrogens with two attached hydrogens (primary N) is 1. The van der Waals surface area contributed by atoms with Gasteiger partial charge in [0.1, 0.15) is 23.5 Å². The first kappa shape index (κ1) is 21.1. The normalized spacial score (nSPS) is 11.3. The van der Waals surface area contributed by atoms with E-state index in [0.29, 0.717) is 11.3 Å². The first-order chi connectivity index (χ1) is 12.8. The van der Waals surface area contributed by atoms with Crippen LogP contribution in [0, 0.1) is 17.7 Å². The second-order valence-electron chi connectivity index (χ2n) is 5.31. The molecule has 1 aromatic carbocycles. The number of rotatable bonds is 5. The summed E-state index contributed by atoms with van der Waals surface area (Å²) < 4.78 is 19.4. The molecule has 1 aromatic heterocycles. The van der Waals surface area contributed by atoms with E-state index in [9.17, 15) is 9.18 Å². The van der Waals surface area contributed by atoms with E-state index in [0.717, 1.165) is 0 Å². The molecule has 1 amide bonds. The van der Waals surface area contributed by atoms with Gasteiger partial charge in [-0.15, -0.1) is 11.6 Å². The van der Waals surface area contributed by atoms with Crippen LogP contribution >= 0.6 is 34.8 Å². The van der Waals surface area contributed by atoms with Gasteiger partial charge in [-0.1, -0.05) is 29.1 Å². The topological polar surface area (TPSA) is 77.2 Å². The molecular formula is C18H15Cl3FN3O2. The van der Waals surface area contributed by atoms with Gasteiger partial charge in [0.2, 0.25) is 5.91 Å². The van der Waals surface area contributed by atoms with Gasteiger partial charge in [0.05, 0.1) is 11.6 Å². The molecule has 2 rings (SSSR count). The van der Waals surface area contributed by atoms with Crippen LogP contribution in [0.4, 0.5) is 10.2 Å². The van der Waals surface area contributed by atoms with Crippen LogP contribution in [0.5, 0.6) is 5.75 Å². The van der Waals surface area contributed by atoms with E-state index in [1.54, 1.807) is 19.1 Å². The third-order valence-electron chi connectivity index (χ3n) is 3.39. The number of carbonyl (C=O) groups is 1. The molecule has 5 nitrogen and oxygen atoms in total. The largest absolute Gasteiger partial charge is 0.482 e. The highest BCUT2D eigenvalue weighted by molar-refractivity contribution is 6.36. The Bertz CT molecular complexity index is 913. The van der Waals surface area contributed by atoms with E-state index in [1.807, 2.05) is 0 Å². The van der Waals surface area contributed by atoms with Crippen LogP contribution < -0.4 is 15.8 Å². The maximum atomic E-state index is 13.7. The van der Waals surface area contributed by atoms with E-state index in [2.05, 4.69) is 22.1 Å². The zero-order chi connectivity index (χ0) is 20.0. The standard InChI is InChI=1S/C18H15Cl3FN3O2/c1-10(16-12(20)5-6-13(22)17(16)21)27-14-7-4-11(25-18(14)23)3-2-8-24-15(26)9-19/h4-7,10H,8-9H2,1H3,(H2,23,25)(H,24,26). The molecule has 1 atom stereocenters. The lowest BCUT2D eigenvalue weighted by molar-refractivity contribution is -0.118. The molecule has 0 spiro atoms. The van der Waals surface area contributed by atoms with Crippen molar-refractivity contribution in [1.29, 1.82) is 0 Å². The molecule has 1 unspecified atom stereocenters. The van der Waals surface area contributed by atoms with Crippen molar-refractivity contribution in [2.45, 2.75) is 13.0 Å². The summed E-state index contributed by atoms with van der Waals surface area (Å²) in [6.45, 7) is 1.80. The van der Waals surface area contributed by atoms with Crippen LogP contribution in [0.1, 0.15) is 24.3 Å². The summed E-state index contributed by atoms with van der Waals surface area (Å²) in [7, 11) is 0. The Hall–Kier alpha value is -2.20. The predicted octanol–water partition coefficient (Wildman–Crippen LogP) is 3.96. The lowest BCUT2D eigenvalue weighted by Crippen LogP contribution is -2.24. The Labute approximate surface area is 171 Å². The number of pyridine rings is 1. The SMILES string of the molecule is CC(Oc1ccc(C#CCNC(=O)CCl)nc1N)c1c(Cl)ccc(F)c1Cl. The number of halogens is 4. The summed E-state index contributed by atoms with van der Waals surface area (Å²) in [5.41, 5.74) is 6.61. The minimum atomic E-state index is -0.660. The highest BCUT2D eigenvalue weighted by atomic mass is 35.5. The second kappa shape index (κ2) is 9.65. The molecule has 2 aromatic rings. The number of alkyl halides is 1. The number of aromatic nitrogens is 1. The van der Waals surface area contributed by atoms with Crippen molar-refractivity contribution in [1.82, 2.24) is 10.3 Å². The molecule has 0 fully saturated rings. The van der Waals surface area contributed by atoms with Crippen LogP contribution in [-0.2, 0) is 4.79 Å². The molecule has 9 heteroatoms.